The van der Waals surface area contributed by atoms with E-state index in [-0.39, 0.29) is 5.69 Å². The molecule has 7 heteroatoms. The highest BCUT2D eigenvalue weighted by Gasteiger charge is 2.47. The van der Waals surface area contributed by atoms with Gasteiger partial charge in [-0.3, -0.25) is 14.9 Å². The third-order valence-corrected chi connectivity index (χ3v) is 3.00. The Hall–Kier alpha value is -2.44. The van der Waals surface area contributed by atoms with Crippen molar-refractivity contribution in [1.82, 2.24) is 10.3 Å². The van der Waals surface area contributed by atoms with Crippen LogP contribution in [0.5, 0.6) is 5.88 Å². The third-order valence-electron chi connectivity index (χ3n) is 3.00. The minimum absolute atomic E-state index is 0.288. The Morgan fingerprint density at radius 3 is 2.55 bits per heavy atom. The van der Waals surface area contributed by atoms with Gasteiger partial charge in [0.2, 0.25) is 17.7 Å². The Balaban J connectivity index is 2.33. The number of carbonyl (C=O) groups excluding carboxylic acids is 3. The average molecular weight is 277 g/mol. The lowest BCUT2D eigenvalue weighted by molar-refractivity contribution is -0.140. The van der Waals surface area contributed by atoms with Gasteiger partial charge < -0.3 is 4.74 Å². The number of ether oxygens (including phenoxy) is 1. The maximum atomic E-state index is 12.3. The second-order valence-electron chi connectivity index (χ2n) is 4.81. The van der Waals surface area contributed by atoms with Crippen LogP contribution in [0.25, 0.3) is 0 Å². The number of anilines is 1. The molecule has 1 aliphatic rings. The summed E-state index contributed by atoms with van der Waals surface area (Å²) >= 11 is 0. The summed E-state index contributed by atoms with van der Waals surface area (Å²) in [6.45, 7) is 5.22. The van der Waals surface area contributed by atoms with Crippen molar-refractivity contribution in [2.75, 3.05) is 11.5 Å². The van der Waals surface area contributed by atoms with Gasteiger partial charge in [-0.05, 0) is 26.8 Å². The monoisotopic (exact) mass is 277 g/mol. The van der Waals surface area contributed by atoms with Crippen molar-refractivity contribution in [2.45, 2.75) is 20.8 Å². The molecule has 4 amide bonds. The van der Waals surface area contributed by atoms with E-state index in [2.05, 4.69) is 10.3 Å². The minimum Gasteiger partial charge on any atom is -0.478 e. The molecule has 0 aliphatic carbocycles. The second kappa shape index (κ2) is 4.92. The van der Waals surface area contributed by atoms with Crippen LogP contribution in [0.1, 0.15) is 20.8 Å². The molecule has 1 saturated heterocycles. The number of hydrogen-bond acceptors (Lipinski definition) is 5. The standard InChI is InChI=1S/C13H15N3O4/c1-4-20-9-6-5-8(7-14-9)16-11(18)13(2,3)10(17)15-12(16)19/h5-7H,4H2,1-3H3,(H,15,17,19). The molecule has 1 fully saturated rings. The average Bonchev–Trinajstić information content (AvgIpc) is 2.39. The Bertz CT molecular complexity index is 565. The van der Waals surface area contributed by atoms with Crippen molar-refractivity contribution in [3.63, 3.8) is 0 Å². The number of imide groups is 2. The van der Waals surface area contributed by atoms with E-state index in [1.165, 1.54) is 20.0 Å². The molecule has 0 saturated carbocycles. The molecule has 1 N–H and O–H groups in total. The molecular formula is C13H15N3O4. The molecule has 7 nitrogen and oxygen atoms in total. The first-order valence-electron chi connectivity index (χ1n) is 6.16. The van der Waals surface area contributed by atoms with Gasteiger partial charge in [-0.15, -0.1) is 0 Å². The van der Waals surface area contributed by atoms with Crippen LogP contribution in [0.4, 0.5) is 10.5 Å². The van der Waals surface area contributed by atoms with Crippen molar-refractivity contribution < 1.29 is 19.1 Å². The molecule has 0 unspecified atom stereocenters. The minimum atomic E-state index is -1.30. The quantitative estimate of drug-likeness (QED) is 0.835. The fraction of sp³-hybridized carbons (Fsp3) is 0.385. The number of nitrogens with one attached hydrogen (secondary N) is 1. The van der Waals surface area contributed by atoms with Crippen LogP contribution in [0, 0.1) is 5.41 Å². The van der Waals surface area contributed by atoms with Crippen molar-refractivity contribution in [3.8, 4) is 5.88 Å². The van der Waals surface area contributed by atoms with Gasteiger partial charge in [0.25, 0.3) is 0 Å². The van der Waals surface area contributed by atoms with Crippen LogP contribution in [0.3, 0.4) is 0 Å². The molecule has 2 rings (SSSR count). The Kier molecular flexibility index (Phi) is 3.44. The highest BCUT2D eigenvalue weighted by Crippen LogP contribution is 2.28. The number of hydrogen-bond donors (Lipinski definition) is 1. The van der Waals surface area contributed by atoms with Gasteiger partial charge in [-0.1, -0.05) is 0 Å². The normalized spacial score (nSPS) is 17.9. The van der Waals surface area contributed by atoms with Crippen LogP contribution in [0.2, 0.25) is 0 Å². The highest BCUT2D eigenvalue weighted by molar-refractivity contribution is 6.29. The summed E-state index contributed by atoms with van der Waals surface area (Å²) in [5, 5.41) is 2.16. The molecule has 106 valence electrons. The smallest absolute Gasteiger partial charge is 0.335 e. The molecule has 0 atom stereocenters. The summed E-state index contributed by atoms with van der Waals surface area (Å²) in [7, 11) is 0. The molecule has 2 heterocycles. The van der Waals surface area contributed by atoms with E-state index in [9.17, 15) is 14.4 Å². The fourth-order valence-corrected chi connectivity index (χ4v) is 1.75. The number of nitrogens with zero attached hydrogens (tertiary/aromatic N) is 2. The van der Waals surface area contributed by atoms with E-state index in [1.54, 1.807) is 12.1 Å². The predicted molar refractivity (Wildman–Crippen MR) is 70.2 cm³/mol. The topological polar surface area (TPSA) is 88.6 Å². The van der Waals surface area contributed by atoms with Crippen LogP contribution >= 0.6 is 0 Å². The van der Waals surface area contributed by atoms with Crippen LogP contribution in [-0.2, 0) is 9.59 Å². The molecule has 1 aromatic heterocycles. The van der Waals surface area contributed by atoms with E-state index in [1.807, 2.05) is 6.92 Å². The Morgan fingerprint density at radius 2 is 2.00 bits per heavy atom. The number of aromatic nitrogens is 1. The first-order chi connectivity index (χ1) is 9.37. The Labute approximate surface area is 115 Å². The van der Waals surface area contributed by atoms with Gasteiger partial charge in [0, 0.05) is 6.07 Å². The zero-order valence-electron chi connectivity index (χ0n) is 11.5. The molecule has 1 aliphatic heterocycles. The molecular weight excluding hydrogens is 262 g/mol. The van der Waals surface area contributed by atoms with E-state index < -0.39 is 23.3 Å². The highest BCUT2D eigenvalue weighted by atomic mass is 16.5. The first-order valence-corrected chi connectivity index (χ1v) is 6.16. The molecule has 0 aromatic carbocycles. The van der Waals surface area contributed by atoms with Gasteiger partial charge in [0.15, 0.2) is 0 Å². The summed E-state index contributed by atoms with van der Waals surface area (Å²) < 4.78 is 5.19. The molecule has 0 spiro atoms. The first kappa shape index (κ1) is 14.0. The summed E-state index contributed by atoms with van der Waals surface area (Å²) in [6, 6.07) is 2.33. The summed E-state index contributed by atoms with van der Waals surface area (Å²) in [5.74, 6) is -0.795. The van der Waals surface area contributed by atoms with Crippen molar-refractivity contribution in [3.05, 3.63) is 18.3 Å². The van der Waals surface area contributed by atoms with E-state index in [0.717, 1.165) is 4.90 Å². The van der Waals surface area contributed by atoms with E-state index in [4.69, 9.17) is 4.74 Å². The predicted octanol–water partition coefficient (Wildman–Crippen LogP) is 1.09. The number of carbonyl (C=O) groups is 3. The summed E-state index contributed by atoms with van der Waals surface area (Å²) in [4.78, 5) is 40.6. The number of amides is 4. The lowest BCUT2D eigenvalue weighted by Gasteiger charge is -2.34. The van der Waals surface area contributed by atoms with Crippen molar-refractivity contribution in [2.24, 2.45) is 5.41 Å². The fourth-order valence-electron chi connectivity index (χ4n) is 1.75. The second-order valence-corrected chi connectivity index (χ2v) is 4.81. The molecule has 1 aromatic rings. The number of barbiturate groups is 1. The van der Waals surface area contributed by atoms with Crippen LogP contribution in [-0.4, -0.2) is 29.4 Å². The molecule has 20 heavy (non-hydrogen) atoms. The zero-order valence-corrected chi connectivity index (χ0v) is 11.5. The van der Waals surface area contributed by atoms with Crippen molar-refractivity contribution >= 4 is 23.5 Å². The van der Waals surface area contributed by atoms with Crippen LogP contribution in [0.15, 0.2) is 18.3 Å². The Morgan fingerprint density at radius 1 is 1.30 bits per heavy atom. The third kappa shape index (κ3) is 2.22. The van der Waals surface area contributed by atoms with Gasteiger partial charge in [-0.2, -0.15) is 0 Å². The zero-order chi connectivity index (χ0) is 14.9. The molecule has 0 radical (unpaired) electrons. The van der Waals surface area contributed by atoms with Crippen LogP contribution < -0.4 is 15.0 Å². The largest absolute Gasteiger partial charge is 0.478 e. The number of rotatable bonds is 3. The van der Waals surface area contributed by atoms with Crippen molar-refractivity contribution in [1.29, 1.82) is 0 Å². The molecule has 0 bridgehead atoms. The van der Waals surface area contributed by atoms with Gasteiger partial charge >= 0.3 is 6.03 Å². The van der Waals surface area contributed by atoms with Gasteiger partial charge in [0.05, 0.1) is 18.5 Å². The van der Waals surface area contributed by atoms with E-state index >= 15 is 0 Å². The SMILES string of the molecule is CCOc1ccc(N2C(=O)NC(=O)C(C)(C)C2=O)cn1. The number of urea groups is 1. The van der Waals surface area contributed by atoms with Gasteiger partial charge in [-0.25, -0.2) is 14.7 Å². The summed E-state index contributed by atoms with van der Waals surface area (Å²) in [6.07, 6.45) is 1.36. The maximum absolute atomic E-state index is 12.3. The van der Waals surface area contributed by atoms with E-state index in [0.29, 0.717) is 12.5 Å². The summed E-state index contributed by atoms with van der Waals surface area (Å²) in [5.41, 5.74) is -1.01. The number of pyridine rings is 1. The lowest BCUT2D eigenvalue weighted by atomic mass is 9.88. The van der Waals surface area contributed by atoms with Gasteiger partial charge in [0.1, 0.15) is 5.41 Å². The lowest BCUT2D eigenvalue weighted by Crippen LogP contribution is -2.62. The maximum Gasteiger partial charge on any atom is 0.335 e.